The van der Waals surface area contributed by atoms with Gasteiger partial charge in [-0.1, -0.05) is 0 Å². The van der Waals surface area contributed by atoms with Crippen molar-refractivity contribution < 1.29 is 13.9 Å². The van der Waals surface area contributed by atoms with Crippen LogP contribution in [-0.4, -0.2) is 19.6 Å². The van der Waals surface area contributed by atoms with Gasteiger partial charge >= 0.3 is 5.97 Å². The van der Waals surface area contributed by atoms with E-state index < -0.39 is 5.97 Å². The zero-order valence-corrected chi connectivity index (χ0v) is 9.67. The molecule has 5 heteroatoms. The molecule has 0 unspecified atom stereocenters. The van der Waals surface area contributed by atoms with Crippen molar-refractivity contribution in [3.05, 3.63) is 27.6 Å². The molecule has 0 saturated carbocycles. The lowest BCUT2D eigenvalue weighted by Gasteiger charge is -2.05. The number of ether oxygens (including phenoxy) is 1. The topological polar surface area (TPSA) is 38.3 Å². The maximum atomic E-state index is 13.2. The Labute approximate surface area is 94.8 Å². The molecule has 0 atom stereocenters. The van der Waals surface area contributed by atoms with Crippen molar-refractivity contribution >= 4 is 34.2 Å². The number of esters is 1. The van der Waals surface area contributed by atoms with E-state index in [0.717, 1.165) is 3.57 Å². The Kier molecular flexibility index (Phi) is 4.12. The third-order valence-electron chi connectivity index (χ3n) is 1.58. The van der Waals surface area contributed by atoms with Crippen LogP contribution in [0, 0.1) is 9.39 Å². The van der Waals surface area contributed by atoms with E-state index in [1.54, 1.807) is 12.1 Å². The molecule has 0 aliphatic rings. The smallest absolute Gasteiger partial charge is 0.325 e. The summed E-state index contributed by atoms with van der Waals surface area (Å²) in [5.74, 6) is -0.802. The van der Waals surface area contributed by atoms with Crippen LogP contribution in [0.5, 0.6) is 0 Å². The van der Waals surface area contributed by atoms with Crippen LogP contribution in [-0.2, 0) is 9.53 Å². The van der Waals surface area contributed by atoms with Crippen molar-refractivity contribution in [3.8, 4) is 0 Å². The highest BCUT2D eigenvalue weighted by atomic mass is 127. The van der Waals surface area contributed by atoms with Crippen molar-refractivity contribution in [2.24, 2.45) is 0 Å². The van der Waals surface area contributed by atoms with Crippen LogP contribution in [0.1, 0.15) is 0 Å². The van der Waals surface area contributed by atoms with Crippen LogP contribution in [0.15, 0.2) is 18.2 Å². The van der Waals surface area contributed by atoms with Crippen LogP contribution in [0.2, 0.25) is 0 Å². The summed E-state index contributed by atoms with van der Waals surface area (Å²) in [4.78, 5) is 10.8. The number of halogens is 2. The van der Waals surface area contributed by atoms with Gasteiger partial charge in [-0.15, -0.1) is 0 Å². The number of carbonyl (C=O) groups is 1. The second-order valence-electron chi connectivity index (χ2n) is 2.55. The van der Waals surface area contributed by atoms with Gasteiger partial charge in [0.05, 0.1) is 12.8 Å². The summed E-state index contributed by atoms with van der Waals surface area (Å²) in [6, 6.07) is 4.73. The van der Waals surface area contributed by atoms with Gasteiger partial charge in [-0.05, 0) is 40.8 Å². The lowest BCUT2D eigenvalue weighted by atomic mass is 10.3. The third-order valence-corrected chi connectivity index (χ3v) is 2.25. The van der Waals surface area contributed by atoms with Gasteiger partial charge in [-0.3, -0.25) is 4.79 Å². The van der Waals surface area contributed by atoms with Crippen LogP contribution in [0.3, 0.4) is 0 Å². The first-order valence-electron chi connectivity index (χ1n) is 3.89. The molecule has 1 aromatic carbocycles. The molecule has 0 saturated heterocycles. The maximum absolute atomic E-state index is 13.2. The highest BCUT2D eigenvalue weighted by molar-refractivity contribution is 14.1. The van der Waals surface area contributed by atoms with Crippen molar-refractivity contribution in [2.75, 3.05) is 19.0 Å². The number of methoxy groups -OCH3 is 1. The minimum atomic E-state index is -0.428. The summed E-state index contributed by atoms with van der Waals surface area (Å²) < 4.78 is 18.4. The summed E-state index contributed by atoms with van der Waals surface area (Å²) in [6.07, 6.45) is 0. The highest BCUT2D eigenvalue weighted by Crippen LogP contribution is 2.16. The summed E-state index contributed by atoms with van der Waals surface area (Å²) in [6.45, 7) is -0.0337. The molecule has 1 N–H and O–H groups in total. The average molecular weight is 309 g/mol. The van der Waals surface area contributed by atoms with Gasteiger partial charge in [0.15, 0.2) is 0 Å². The Hall–Kier alpha value is -0.850. The number of hydrogen-bond acceptors (Lipinski definition) is 3. The van der Waals surface area contributed by atoms with Crippen LogP contribution >= 0.6 is 22.6 Å². The molecule has 3 nitrogen and oxygen atoms in total. The van der Waals surface area contributed by atoms with Gasteiger partial charge in [0.2, 0.25) is 0 Å². The largest absolute Gasteiger partial charge is 0.468 e. The fourth-order valence-corrected chi connectivity index (χ4v) is 1.33. The molecular formula is C9H9FINO2. The van der Waals surface area contributed by atoms with E-state index in [1.165, 1.54) is 13.2 Å². The predicted molar refractivity (Wildman–Crippen MR) is 59.6 cm³/mol. The Morgan fingerprint density at radius 1 is 1.64 bits per heavy atom. The standard InChI is InChI=1S/C9H9FINO2/c1-14-9(13)5-12-8-3-2-6(11)4-7(8)10/h2-4,12H,5H2,1H3. The van der Waals surface area contributed by atoms with Crippen molar-refractivity contribution in [3.63, 3.8) is 0 Å². The van der Waals surface area contributed by atoms with E-state index in [0.29, 0.717) is 5.69 Å². The van der Waals surface area contributed by atoms with Gasteiger partial charge in [0, 0.05) is 3.57 Å². The Morgan fingerprint density at radius 3 is 2.93 bits per heavy atom. The zero-order chi connectivity index (χ0) is 10.6. The number of nitrogens with one attached hydrogen (secondary N) is 1. The highest BCUT2D eigenvalue weighted by Gasteiger charge is 2.04. The number of carbonyl (C=O) groups excluding carboxylic acids is 1. The molecule has 14 heavy (non-hydrogen) atoms. The Morgan fingerprint density at radius 2 is 2.36 bits per heavy atom. The van der Waals surface area contributed by atoms with Crippen LogP contribution in [0.25, 0.3) is 0 Å². The SMILES string of the molecule is COC(=O)CNc1ccc(I)cc1F. The van der Waals surface area contributed by atoms with Gasteiger partial charge < -0.3 is 10.1 Å². The van der Waals surface area contributed by atoms with E-state index in [9.17, 15) is 9.18 Å². The summed E-state index contributed by atoms with van der Waals surface area (Å²) >= 11 is 2.01. The Balaban J connectivity index is 2.63. The first-order valence-corrected chi connectivity index (χ1v) is 4.97. The van der Waals surface area contributed by atoms with E-state index in [4.69, 9.17) is 0 Å². The predicted octanol–water partition coefficient (Wildman–Crippen LogP) is 2.02. The monoisotopic (exact) mass is 309 g/mol. The number of rotatable bonds is 3. The van der Waals surface area contributed by atoms with E-state index in [1.807, 2.05) is 22.6 Å². The Bertz CT molecular complexity index is 344. The van der Waals surface area contributed by atoms with Crippen molar-refractivity contribution in [2.45, 2.75) is 0 Å². The number of anilines is 1. The summed E-state index contributed by atoms with van der Waals surface area (Å²) in [5, 5.41) is 2.64. The molecule has 0 aliphatic carbocycles. The first-order chi connectivity index (χ1) is 6.63. The minimum Gasteiger partial charge on any atom is -0.468 e. The molecule has 1 aromatic rings. The van der Waals surface area contributed by atoms with Crippen molar-refractivity contribution in [1.82, 2.24) is 0 Å². The molecule has 0 bridgehead atoms. The quantitative estimate of drug-likeness (QED) is 0.686. The molecule has 76 valence electrons. The van der Waals surface area contributed by atoms with Gasteiger partial charge in [-0.25, -0.2) is 4.39 Å². The average Bonchev–Trinajstić information content (AvgIpc) is 2.16. The van der Waals surface area contributed by atoms with Crippen molar-refractivity contribution in [1.29, 1.82) is 0 Å². The second kappa shape index (κ2) is 5.14. The molecule has 0 heterocycles. The maximum Gasteiger partial charge on any atom is 0.325 e. The molecule has 0 fully saturated rings. The lowest BCUT2D eigenvalue weighted by Crippen LogP contribution is -2.15. The van der Waals surface area contributed by atoms with E-state index in [2.05, 4.69) is 10.1 Å². The molecule has 0 aliphatic heterocycles. The van der Waals surface area contributed by atoms with Gasteiger partial charge in [0.1, 0.15) is 12.4 Å². The molecule has 0 aromatic heterocycles. The summed E-state index contributed by atoms with van der Waals surface area (Å²) in [7, 11) is 1.29. The molecule has 0 radical (unpaired) electrons. The normalized spacial score (nSPS) is 9.64. The van der Waals surface area contributed by atoms with E-state index in [-0.39, 0.29) is 12.4 Å². The second-order valence-corrected chi connectivity index (χ2v) is 3.80. The number of hydrogen-bond donors (Lipinski definition) is 1. The zero-order valence-electron chi connectivity index (χ0n) is 7.51. The molecule has 0 spiro atoms. The molecule has 1 rings (SSSR count). The third kappa shape index (κ3) is 3.13. The first kappa shape index (κ1) is 11.2. The van der Waals surface area contributed by atoms with E-state index >= 15 is 0 Å². The van der Waals surface area contributed by atoms with Gasteiger partial charge in [-0.2, -0.15) is 0 Å². The summed E-state index contributed by atoms with van der Waals surface area (Å²) in [5.41, 5.74) is 0.302. The van der Waals surface area contributed by atoms with Crippen LogP contribution in [0.4, 0.5) is 10.1 Å². The number of benzene rings is 1. The van der Waals surface area contributed by atoms with Gasteiger partial charge in [0.25, 0.3) is 0 Å². The molecular weight excluding hydrogens is 300 g/mol. The fourth-order valence-electron chi connectivity index (χ4n) is 0.872. The van der Waals surface area contributed by atoms with Crippen LogP contribution < -0.4 is 5.32 Å². The lowest BCUT2D eigenvalue weighted by molar-refractivity contribution is -0.138. The fraction of sp³-hybridized carbons (Fsp3) is 0.222. The molecule has 0 amide bonds. The minimum absolute atomic E-state index is 0.0337.